The first-order valence-electron chi connectivity index (χ1n) is 5.67. The van der Waals surface area contributed by atoms with Crippen LogP contribution in [-0.2, 0) is 16.6 Å². The molecule has 0 radical (unpaired) electrons. The number of hydrogen-bond donors (Lipinski definition) is 2. The summed E-state index contributed by atoms with van der Waals surface area (Å²) in [4.78, 5) is 0.0812. The van der Waals surface area contributed by atoms with Crippen molar-refractivity contribution in [2.24, 2.45) is 5.14 Å². The van der Waals surface area contributed by atoms with Gasteiger partial charge in [-0.05, 0) is 35.9 Å². The highest BCUT2D eigenvalue weighted by molar-refractivity contribution is 9.10. The maximum atomic E-state index is 11.3. The fraction of sp³-hybridized carbons (Fsp3) is 0.0769. The third-order valence-electron chi connectivity index (χ3n) is 2.66. The first-order valence-corrected chi connectivity index (χ1v) is 8.38. The summed E-state index contributed by atoms with van der Waals surface area (Å²) in [5, 5.41) is 8.89. The van der Waals surface area contributed by atoms with Crippen molar-refractivity contribution >= 4 is 43.2 Å². The van der Waals surface area contributed by atoms with E-state index in [0.29, 0.717) is 17.3 Å². The van der Waals surface area contributed by atoms with Crippen LogP contribution in [0.3, 0.4) is 0 Å². The van der Waals surface area contributed by atoms with Crippen molar-refractivity contribution in [1.29, 1.82) is 0 Å². The number of benzene rings is 2. The number of nitrogens with one attached hydrogen (secondary N) is 1. The van der Waals surface area contributed by atoms with Gasteiger partial charge in [0.2, 0.25) is 10.0 Å². The Kier molecular flexibility index (Phi) is 4.70. The molecule has 2 aromatic rings. The van der Waals surface area contributed by atoms with E-state index in [9.17, 15) is 8.42 Å². The van der Waals surface area contributed by atoms with Crippen LogP contribution in [0.4, 0.5) is 5.69 Å². The van der Waals surface area contributed by atoms with Crippen LogP contribution < -0.4 is 10.5 Å². The SMILES string of the molecule is NS(=O)(=O)c1cccc(NCc2ccc(Cl)cc2Br)c1. The van der Waals surface area contributed by atoms with Gasteiger partial charge in [0.15, 0.2) is 0 Å². The minimum atomic E-state index is -3.69. The molecule has 2 rings (SSSR count). The predicted octanol–water partition coefficient (Wildman–Crippen LogP) is 3.36. The van der Waals surface area contributed by atoms with E-state index in [4.69, 9.17) is 16.7 Å². The van der Waals surface area contributed by atoms with Gasteiger partial charge in [0.05, 0.1) is 4.90 Å². The number of hydrogen-bond acceptors (Lipinski definition) is 3. The van der Waals surface area contributed by atoms with Gasteiger partial charge < -0.3 is 5.32 Å². The summed E-state index contributed by atoms with van der Waals surface area (Å²) in [6, 6.07) is 11.9. The van der Waals surface area contributed by atoms with Crippen molar-refractivity contribution in [1.82, 2.24) is 0 Å². The summed E-state index contributed by atoms with van der Waals surface area (Å²) in [5.41, 5.74) is 1.69. The van der Waals surface area contributed by atoms with E-state index < -0.39 is 10.0 Å². The number of rotatable bonds is 4. The minimum Gasteiger partial charge on any atom is -0.381 e. The number of sulfonamides is 1. The molecule has 106 valence electrons. The van der Waals surface area contributed by atoms with E-state index in [1.165, 1.54) is 12.1 Å². The summed E-state index contributed by atoms with van der Waals surface area (Å²) in [6.45, 7) is 0.534. The topological polar surface area (TPSA) is 72.2 Å². The molecule has 20 heavy (non-hydrogen) atoms. The lowest BCUT2D eigenvalue weighted by Gasteiger charge is -2.09. The highest BCUT2D eigenvalue weighted by atomic mass is 79.9. The van der Waals surface area contributed by atoms with Crippen molar-refractivity contribution in [2.75, 3.05) is 5.32 Å². The Bertz CT molecular complexity index is 735. The Morgan fingerprint density at radius 3 is 2.60 bits per heavy atom. The van der Waals surface area contributed by atoms with E-state index in [0.717, 1.165) is 10.0 Å². The molecule has 0 heterocycles. The molecule has 3 N–H and O–H groups in total. The molecule has 0 aromatic heterocycles. The van der Waals surface area contributed by atoms with Gasteiger partial charge in [-0.3, -0.25) is 0 Å². The molecule has 0 aliphatic rings. The molecule has 7 heteroatoms. The second-order valence-corrected chi connectivity index (χ2v) is 7.01. The van der Waals surface area contributed by atoms with Gasteiger partial charge in [-0.1, -0.05) is 39.7 Å². The van der Waals surface area contributed by atoms with Crippen molar-refractivity contribution in [2.45, 2.75) is 11.4 Å². The van der Waals surface area contributed by atoms with Gasteiger partial charge in [-0.15, -0.1) is 0 Å². The fourth-order valence-electron chi connectivity index (χ4n) is 1.65. The quantitative estimate of drug-likeness (QED) is 0.860. The average Bonchev–Trinajstić information content (AvgIpc) is 2.37. The Hall–Kier alpha value is -1.08. The summed E-state index contributed by atoms with van der Waals surface area (Å²) in [5.74, 6) is 0. The monoisotopic (exact) mass is 374 g/mol. The highest BCUT2D eigenvalue weighted by Crippen LogP contribution is 2.23. The van der Waals surface area contributed by atoms with Gasteiger partial charge in [0, 0.05) is 21.7 Å². The van der Waals surface area contributed by atoms with Crippen molar-refractivity contribution < 1.29 is 8.42 Å². The Morgan fingerprint density at radius 2 is 1.95 bits per heavy atom. The second-order valence-electron chi connectivity index (χ2n) is 4.16. The highest BCUT2D eigenvalue weighted by Gasteiger charge is 2.08. The van der Waals surface area contributed by atoms with Gasteiger partial charge in [0.1, 0.15) is 0 Å². The number of anilines is 1. The molecule has 0 saturated heterocycles. The van der Waals surface area contributed by atoms with E-state index in [2.05, 4.69) is 21.2 Å². The average molecular weight is 376 g/mol. The summed E-state index contributed by atoms with van der Waals surface area (Å²) >= 11 is 9.30. The van der Waals surface area contributed by atoms with E-state index in [1.807, 2.05) is 6.07 Å². The molecule has 4 nitrogen and oxygen atoms in total. The van der Waals surface area contributed by atoms with Crippen LogP contribution in [0.1, 0.15) is 5.56 Å². The number of nitrogens with two attached hydrogens (primary N) is 1. The normalized spacial score (nSPS) is 11.3. The third-order valence-corrected chi connectivity index (χ3v) is 4.54. The molecular formula is C13H12BrClN2O2S. The smallest absolute Gasteiger partial charge is 0.238 e. The van der Waals surface area contributed by atoms with E-state index in [1.54, 1.807) is 24.3 Å². The van der Waals surface area contributed by atoms with Gasteiger partial charge in [-0.2, -0.15) is 0 Å². The van der Waals surface area contributed by atoms with Crippen LogP contribution in [0.15, 0.2) is 51.8 Å². The lowest BCUT2D eigenvalue weighted by Crippen LogP contribution is -2.12. The molecule has 0 spiro atoms. The van der Waals surface area contributed by atoms with Gasteiger partial charge in [0.25, 0.3) is 0 Å². The van der Waals surface area contributed by atoms with Crippen molar-refractivity contribution in [3.05, 3.63) is 57.5 Å². The molecule has 0 bridgehead atoms. The van der Waals surface area contributed by atoms with Crippen LogP contribution in [0.2, 0.25) is 5.02 Å². The first-order chi connectivity index (χ1) is 9.36. The molecular weight excluding hydrogens is 364 g/mol. The molecule has 0 saturated carbocycles. The third kappa shape index (κ3) is 3.96. The van der Waals surface area contributed by atoms with E-state index >= 15 is 0 Å². The lowest BCUT2D eigenvalue weighted by molar-refractivity contribution is 0.598. The van der Waals surface area contributed by atoms with Crippen LogP contribution in [0, 0.1) is 0 Å². The van der Waals surface area contributed by atoms with Gasteiger partial charge in [-0.25, -0.2) is 13.6 Å². The summed E-state index contributed by atoms with van der Waals surface area (Å²) in [6.07, 6.45) is 0. The van der Waals surface area contributed by atoms with Crippen LogP contribution in [0.5, 0.6) is 0 Å². The summed E-state index contributed by atoms with van der Waals surface area (Å²) < 4.78 is 23.4. The molecule has 0 amide bonds. The minimum absolute atomic E-state index is 0.0812. The van der Waals surface area contributed by atoms with Crippen molar-refractivity contribution in [3.63, 3.8) is 0 Å². The maximum Gasteiger partial charge on any atom is 0.238 e. The zero-order valence-corrected chi connectivity index (χ0v) is 13.5. The van der Waals surface area contributed by atoms with Crippen LogP contribution >= 0.6 is 27.5 Å². The molecule has 0 unspecified atom stereocenters. The van der Waals surface area contributed by atoms with Crippen LogP contribution in [0.25, 0.3) is 0 Å². The number of halogens is 2. The Balaban J connectivity index is 2.15. The van der Waals surface area contributed by atoms with Gasteiger partial charge >= 0.3 is 0 Å². The molecule has 0 fully saturated rings. The van der Waals surface area contributed by atoms with E-state index in [-0.39, 0.29) is 4.90 Å². The fourth-order valence-corrected chi connectivity index (χ4v) is 3.03. The molecule has 0 aliphatic heterocycles. The zero-order valence-electron chi connectivity index (χ0n) is 10.3. The standard InChI is InChI=1S/C13H12BrClN2O2S/c14-13-6-10(15)5-4-9(13)8-17-11-2-1-3-12(7-11)20(16,18)19/h1-7,17H,8H2,(H2,16,18,19). The molecule has 0 atom stereocenters. The summed E-state index contributed by atoms with van der Waals surface area (Å²) in [7, 11) is -3.69. The molecule has 0 aliphatic carbocycles. The Labute approximate surface area is 131 Å². The zero-order chi connectivity index (χ0) is 14.8. The first kappa shape index (κ1) is 15.3. The maximum absolute atomic E-state index is 11.3. The lowest BCUT2D eigenvalue weighted by atomic mass is 10.2. The second kappa shape index (κ2) is 6.13. The molecule has 2 aromatic carbocycles. The largest absolute Gasteiger partial charge is 0.381 e. The van der Waals surface area contributed by atoms with Crippen LogP contribution in [-0.4, -0.2) is 8.42 Å². The number of primary sulfonamides is 1. The Morgan fingerprint density at radius 1 is 1.20 bits per heavy atom. The predicted molar refractivity (Wildman–Crippen MR) is 84.3 cm³/mol. The van der Waals surface area contributed by atoms with Crippen molar-refractivity contribution in [3.8, 4) is 0 Å².